The van der Waals surface area contributed by atoms with E-state index < -0.39 is 0 Å². The van der Waals surface area contributed by atoms with E-state index in [2.05, 4.69) is 8.75 Å². The second kappa shape index (κ2) is 11.2. The number of hydrogen-bond donors (Lipinski definition) is 0. The van der Waals surface area contributed by atoms with Gasteiger partial charge >= 0.3 is 11.9 Å². The molecule has 144 valence electrons. The molecule has 0 bridgehead atoms. The number of carbonyl (C=O) groups is 2. The first-order valence-electron chi connectivity index (χ1n) is 9.10. The number of nitrogens with zero attached hydrogens (tertiary/aromatic N) is 2. The van der Waals surface area contributed by atoms with Crippen LogP contribution in [0.5, 0.6) is 0 Å². The molecule has 27 heavy (non-hydrogen) atoms. The molecule has 1 aromatic carbocycles. The van der Waals surface area contributed by atoms with Crippen LogP contribution in [0.4, 0.5) is 0 Å². The highest BCUT2D eigenvalue weighted by Crippen LogP contribution is 2.23. The molecule has 0 fully saturated rings. The molecule has 0 aliphatic heterocycles. The van der Waals surface area contributed by atoms with Gasteiger partial charge in [-0.05, 0) is 25.0 Å². The first-order valence-corrected chi connectivity index (χ1v) is 9.83. The summed E-state index contributed by atoms with van der Waals surface area (Å²) in [5, 5.41) is 0. The Morgan fingerprint density at radius 1 is 0.889 bits per heavy atom. The van der Waals surface area contributed by atoms with Gasteiger partial charge < -0.3 is 9.47 Å². The highest BCUT2D eigenvalue weighted by atomic mass is 32.1. The minimum atomic E-state index is -0.376. The summed E-state index contributed by atoms with van der Waals surface area (Å²) < 4.78 is 18.8. The summed E-state index contributed by atoms with van der Waals surface area (Å²) in [5.41, 5.74) is 2.90. The molecule has 0 amide bonds. The highest BCUT2D eigenvalue weighted by Gasteiger charge is 2.08. The second-order valence-corrected chi connectivity index (χ2v) is 6.44. The summed E-state index contributed by atoms with van der Waals surface area (Å²) in [6.07, 6.45) is 9.78. The Morgan fingerprint density at radius 2 is 1.33 bits per heavy atom. The molecular weight excluding hydrogens is 364 g/mol. The molecule has 0 aliphatic rings. The van der Waals surface area contributed by atoms with Crippen molar-refractivity contribution in [2.24, 2.45) is 0 Å². The van der Waals surface area contributed by atoms with Gasteiger partial charge in [0, 0.05) is 23.3 Å². The number of esters is 2. The third kappa shape index (κ3) is 6.60. The Bertz CT molecular complexity index is 760. The van der Waals surface area contributed by atoms with Crippen molar-refractivity contribution in [3.05, 3.63) is 35.4 Å². The summed E-state index contributed by atoms with van der Waals surface area (Å²) in [5.74, 6) is -0.753. The number of rotatable bonds is 10. The Balaban J connectivity index is 2.08. The van der Waals surface area contributed by atoms with Crippen molar-refractivity contribution in [3.63, 3.8) is 0 Å². The summed E-state index contributed by atoms with van der Waals surface area (Å²) >= 11 is 1.08. The van der Waals surface area contributed by atoms with Crippen molar-refractivity contribution in [2.75, 3.05) is 13.2 Å². The van der Waals surface area contributed by atoms with E-state index in [1.54, 1.807) is 12.2 Å². The molecule has 0 spiro atoms. The maximum absolute atomic E-state index is 11.7. The molecule has 7 heteroatoms. The lowest BCUT2D eigenvalue weighted by atomic mass is 10.1. The molecule has 6 nitrogen and oxygen atoms in total. The molecule has 0 atom stereocenters. The predicted molar refractivity (Wildman–Crippen MR) is 107 cm³/mol. The molecular formula is C20H24N2O4S. The molecule has 2 aromatic rings. The van der Waals surface area contributed by atoms with E-state index in [1.807, 2.05) is 26.0 Å². The lowest BCUT2D eigenvalue weighted by molar-refractivity contribution is -0.138. The monoisotopic (exact) mass is 388 g/mol. The van der Waals surface area contributed by atoms with Gasteiger partial charge in [-0.1, -0.05) is 38.8 Å². The summed E-state index contributed by atoms with van der Waals surface area (Å²) in [4.78, 5) is 23.4. The second-order valence-electron chi connectivity index (χ2n) is 5.91. The van der Waals surface area contributed by atoms with Gasteiger partial charge in [0.05, 0.1) is 24.9 Å². The maximum atomic E-state index is 11.7. The van der Waals surface area contributed by atoms with Gasteiger partial charge in [-0.15, -0.1) is 0 Å². The summed E-state index contributed by atoms with van der Waals surface area (Å²) in [7, 11) is 0. The van der Waals surface area contributed by atoms with E-state index >= 15 is 0 Å². The molecule has 0 aliphatic carbocycles. The predicted octanol–water partition coefficient (Wildman–Crippen LogP) is 4.40. The van der Waals surface area contributed by atoms with E-state index in [9.17, 15) is 9.59 Å². The molecule has 0 radical (unpaired) electrons. The number of fused-ring (bicyclic) bond motifs is 1. The summed E-state index contributed by atoms with van der Waals surface area (Å²) in [6, 6.07) is 3.67. The fourth-order valence-electron chi connectivity index (χ4n) is 2.22. The third-order valence-corrected chi connectivity index (χ3v) is 4.29. The van der Waals surface area contributed by atoms with Crippen LogP contribution in [0, 0.1) is 0 Å². The normalized spacial score (nSPS) is 11.5. The van der Waals surface area contributed by atoms with Crippen LogP contribution < -0.4 is 0 Å². The van der Waals surface area contributed by atoms with Gasteiger partial charge in [0.1, 0.15) is 11.0 Å². The van der Waals surface area contributed by atoms with Crippen LogP contribution in [0.3, 0.4) is 0 Å². The zero-order valence-electron chi connectivity index (χ0n) is 15.6. The fraction of sp³-hybridized carbons (Fsp3) is 0.400. The average Bonchev–Trinajstić information content (AvgIpc) is 3.15. The van der Waals surface area contributed by atoms with Crippen LogP contribution >= 0.6 is 11.7 Å². The van der Waals surface area contributed by atoms with E-state index in [4.69, 9.17) is 9.47 Å². The van der Waals surface area contributed by atoms with Crippen molar-refractivity contribution in [2.45, 2.75) is 39.5 Å². The molecule has 0 saturated carbocycles. The van der Waals surface area contributed by atoms with Crippen LogP contribution in [0.25, 0.3) is 23.2 Å². The minimum Gasteiger partial charge on any atom is -0.463 e. The zero-order chi connectivity index (χ0) is 19.5. The molecule has 0 unspecified atom stereocenters. The largest absolute Gasteiger partial charge is 0.463 e. The van der Waals surface area contributed by atoms with E-state index in [0.717, 1.165) is 48.5 Å². The van der Waals surface area contributed by atoms with Crippen LogP contribution in [0.15, 0.2) is 24.3 Å². The van der Waals surface area contributed by atoms with Gasteiger partial charge in [-0.3, -0.25) is 0 Å². The standard InChI is InChI=1S/C20H24N2O4S/c1-3-5-13-25-17(23)11-9-15-7-8-16(20-19(15)21-27-22-20)10-12-18(24)26-14-6-4-2/h7-12H,3-6,13-14H2,1-2H3. The maximum Gasteiger partial charge on any atom is 0.330 e. The van der Waals surface area contributed by atoms with Crippen LogP contribution in [0.2, 0.25) is 0 Å². The fourth-order valence-corrected chi connectivity index (χ4v) is 2.81. The average molecular weight is 388 g/mol. The van der Waals surface area contributed by atoms with Gasteiger partial charge in [-0.2, -0.15) is 8.75 Å². The zero-order valence-corrected chi connectivity index (χ0v) is 16.5. The highest BCUT2D eigenvalue weighted by molar-refractivity contribution is 7.00. The van der Waals surface area contributed by atoms with Gasteiger partial charge in [-0.25, -0.2) is 9.59 Å². The van der Waals surface area contributed by atoms with E-state index in [0.29, 0.717) is 24.2 Å². The molecule has 2 rings (SSSR count). The Morgan fingerprint density at radius 3 is 1.74 bits per heavy atom. The smallest absolute Gasteiger partial charge is 0.330 e. The van der Waals surface area contributed by atoms with E-state index in [1.165, 1.54) is 12.2 Å². The summed E-state index contributed by atoms with van der Waals surface area (Å²) in [6.45, 7) is 4.92. The van der Waals surface area contributed by atoms with Crippen molar-refractivity contribution >= 4 is 46.9 Å². The molecule has 1 aromatic heterocycles. The number of benzene rings is 1. The Hall–Kier alpha value is -2.54. The van der Waals surface area contributed by atoms with Crippen molar-refractivity contribution in [1.29, 1.82) is 0 Å². The number of carbonyl (C=O) groups excluding carboxylic acids is 2. The topological polar surface area (TPSA) is 78.4 Å². The number of aromatic nitrogens is 2. The SMILES string of the molecule is CCCCOC(=O)C=Cc1ccc(C=CC(=O)OCCCC)c2nsnc12. The van der Waals surface area contributed by atoms with Crippen molar-refractivity contribution < 1.29 is 19.1 Å². The van der Waals surface area contributed by atoms with E-state index in [-0.39, 0.29) is 11.9 Å². The number of hydrogen-bond acceptors (Lipinski definition) is 7. The number of unbranched alkanes of at least 4 members (excludes halogenated alkanes) is 2. The third-order valence-electron chi connectivity index (χ3n) is 3.76. The van der Waals surface area contributed by atoms with Crippen molar-refractivity contribution in [1.82, 2.24) is 8.75 Å². The first-order chi connectivity index (χ1) is 13.2. The lowest BCUT2D eigenvalue weighted by Gasteiger charge is -2.01. The minimum absolute atomic E-state index is 0.376. The van der Waals surface area contributed by atoms with Crippen LogP contribution in [-0.4, -0.2) is 33.9 Å². The van der Waals surface area contributed by atoms with Gasteiger partial charge in [0.2, 0.25) is 0 Å². The van der Waals surface area contributed by atoms with Gasteiger partial charge in [0.15, 0.2) is 0 Å². The molecule has 0 N–H and O–H groups in total. The van der Waals surface area contributed by atoms with Crippen LogP contribution in [0.1, 0.15) is 50.7 Å². The van der Waals surface area contributed by atoms with Crippen molar-refractivity contribution in [3.8, 4) is 0 Å². The Labute approximate surface area is 163 Å². The quantitative estimate of drug-likeness (QED) is 0.341. The lowest BCUT2D eigenvalue weighted by Crippen LogP contribution is -2.01. The van der Waals surface area contributed by atoms with Crippen LogP contribution in [-0.2, 0) is 19.1 Å². The van der Waals surface area contributed by atoms with Gasteiger partial charge in [0.25, 0.3) is 0 Å². The first kappa shape index (κ1) is 20.8. The molecule has 0 saturated heterocycles. The molecule has 1 heterocycles. The number of ether oxygens (including phenoxy) is 2. The Kier molecular flexibility index (Phi) is 8.64.